The zero-order valence-electron chi connectivity index (χ0n) is 12.8. The van der Waals surface area contributed by atoms with Gasteiger partial charge in [-0.3, -0.25) is 9.48 Å². The highest BCUT2D eigenvalue weighted by molar-refractivity contribution is 5.96. The van der Waals surface area contributed by atoms with E-state index >= 15 is 0 Å². The van der Waals surface area contributed by atoms with Crippen molar-refractivity contribution in [1.29, 1.82) is 0 Å². The summed E-state index contributed by atoms with van der Waals surface area (Å²) in [6, 6.07) is 9.84. The van der Waals surface area contributed by atoms with Crippen LogP contribution in [0.15, 0.2) is 30.3 Å². The van der Waals surface area contributed by atoms with Crippen molar-refractivity contribution in [2.24, 2.45) is 12.8 Å². The van der Waals surface area contributed by atoms with Gasteiger partial charge in [-0.05, 0) is 25.8 Å². The van der Waals surface area contributed by atoms with Crippen molar-refractivity contribution in [3.63, 3.8) is 0 Å². The fraction of sp³-hybridized carbons (Fsp3) is 0.375. The van der Waals surface area contributed by atoms with Crippen molar-refractivity contribution in [3.05, 3.63) is 52.8 Å². The predicted octanol–water partition coefficient (Wildman–Crippen LogP) is 1.86. The minimum Gasteiger partial charge on any atom is -0.352 e. The second kappa shape index (κ2) is 6.54. The van der Waals surface area contributed by atoms with Gasteiger partial charge in [0.1, 0.15) is 0 Å². The zero-order valence-corrected chi connectivity index (χ0v) is 12.8. The number of rotatable bonds is 5. The SMILES string of the molecule is Cc1nn(C)c(C)c1C(=O)NCCC(N)c1ccccc1. The molecule has 0 bridgehead atoms. The summed E-state index contributed by atoms with van der Waals surface area (Å²) in [4.78, 5) is 12.2. The van der Waals surface area contributed by atoms with Crippen LogP contribution in [0, 0.1) is 13.8 Å². The van der Waals surface area contributed by atoms with E-state index in [0.29, 0.717) is 18.5 Å². The van der Waals surface area contributed by atoms with Crippen LogP contribution in [-0.4, -0.2) is 22.2 Å². The molecule has 0 spiro atoms. The molecule has 1 aromatic carbocycles. The van der Waals surface area contributed by atoms with E-state index in [1.807, 2.05) is 51.2 Å². The summed E-state index contributed by atoms with van der Waals surface area (Å²) in [5.74, 6) is -0.0849. The Kier molecular flexibility index (Phi) is 4.75. The van der Waals surface area contributed by atoms with Gasteiger partial charge in [-0.2, -0.15) is 5.10 Å². The summed E-state index contributed by atoms with van der Waals surface area (Å²) in [5, 5.41) is 7.18. The first kappa shape index (κ1) is 15.3. The molecule has 5 nitrogen and oxygen atoms in total. The molecule has 2 rings (SSSR count). The van der Waals surface area contributed by atoms with Crippen LogP contribution in [0.25, 0.3) is 0 Å². The molecule has 1 amide bonds. The fourth-order valence-electron chi connectivity index (χ4n) is 2.40. The number of aryl methyl sites for hydroxylation is 2. The molecule has 0 fully saturated rings. The monoisotopic (exact) mass is 286 g/mol. The van der Waals surface area contributed by atoms with Crippen LogP contribution in [0.3, 0.4) is 0 Å². The molecule has 0 saturated heterocycles. The van der Waals surface area contributed by atoms with Gasteiger partial charge in [-0.1, -0.05) is 30.3 Å². The van der Waals surface area contributed by atoms with E-state index in [2.05, 4.69) is 10.4 Å². The van der Waals surface area contributed by atoms with Crippen molar-refractivity contribution in [2.75, 3.05) is 6.54 Å². The lowest BCUT2D eigenvalue weighted by atomic mass is 10.0. The number of hydrogen-bond donors (Lipinski definition) is 2. The number of aromatic nitrogens is 2. The Labute approximate surface area is 125 Å². The minimum absolute atomic E-state index is 0.0670. The molecule has 0 radical (unpaired) electrons. The second-order valence-electron chi connectivity index (χ2n) is 5.23. The van der Waals surface area contributed by atoms with Gasteiger partial charge in [0.25, 0.3) is 5.91 Å². The summed E-state index contributed by atoms with van der Waals surface area (Å²) < 4.78 is 1.72. The first-order valence-corrected chi connectivity index (χ1v) is 7.09. The fourth-order valence-corrected chi connectivity index (χ4v) is 2.40. The maximum Gasteiger partial charge on any atom is 0.255 e. The highest BCUT2D eigenvalue weighted by Gasteiger charge is 2.17. The molecule has 5 heteroatoms. The second-order valence-corrected chi connectivity index (χ2v) is 5.23. The van der Waals surface area contributed by atoms with E-state index in [1.54, 1.807) is 4.68 Å². The van der Waals surface area contributed by atoms with Crippen molar-refractivity contribution >= 4 is 5.91 Å². The number of carbonyl (C=O) groups is 1. The van der Waals surface area contributed by atoms with Crippen LogP contribution in [0.2, 0.25) is 0 Å². The average molecular weight is 286 g/mol. The third-order valence-corrected chi connectivity index (χ3v) is 3.70. The maximum absolute atomic E-state index is 12.2. The number of nitrogens with zero attached hydrogens (tertiary/aromatic N) is 2. The summed E-state index contributed by atoms with van der Waals surface area (Å²) in [6.45, 7) is 4.28. The van der Waals surface area contributed by atoms with E-state index in [0.717, 1.165) is 17.0 Å². The Bertz CT molecular complexity index is 619. The number of hydrogen-bond acceptors (Lipinski definition) is 3. The van der Waals surface area contributed by atoms with Gasteiger partial charge >= 0.3 is 0 Å². The van der Waals surface area contributed by atoms with Crippen LogP contribution in [0.1, 0.15) is 39.8 Å². The van der Waals surface area contributed by atoms with Gasteiger partial charge in [0.15, 0.2) is 0 Å². The Balaban J connectivity index is 1.90. The summed E-state index contributed by atoms with van der Waals surface area (Å²) in [7, 11) is 1.84. The maximum atomic E-state index is 12.2. The van der Waals surface area contributed by atoms with Crippen LogP contribution < -0.4 is 11.1 Å². The van der Waals surface area contributed by atoms with Crippen LogP contribution >= 0.6 is 0 Å². The normalized spacial score (nSPS) is 12.2. The van der Waals surface area contributed by atoms with Gasteiger partial charge in [0.05, 0.1) is 11.3 Å². The topological polar surface area (TPSA) is 72.9 Å². The van der Waals surface area contributed by atoms with E-state index in [9.17, 15) is 4.79 Å². The largest absolute Gasteiger partial charge is 0.352 e. The minimum atomic E-state index is -0.0849. The Morgan fingerprint density at radius 1 is 1.33 bits per heavy atom. The molecule has 2 aromatic rings. The summed E-state index contributed by atoms with van der Waals surface area (Å²) in [6.07, 6.45) is 0.702. The first-order valence-electron chi connectivity index (χ1n) is 7.09. The molecular weight excluding hydrogens is 264 g/mol. The number of nitrogens with two attached hydrogens (primary N) is 1. The molecule has 21 heavy (non-hydrogen) atoms. The van der Waals surface area contributed by atoms with Crippen LogP contribution in [0.4, 0.5) is 0 Å². The Morgan fingerprint density at radius 2 is 2.00 bits per heavy atom. The molecule has 0 aliphatic rings. The van der Waals surface area contributed by atoms with Gasteiger partial charge < -0.3 is 11.1 Å². The Hall–Kier alpha value is -2.14. The summed E-state index contributed by atoms with van der Waals surface area (Å²) >= 11 is 0. The van der Waals surface area contributed by atoms with Gasteiger partial charge in [0.2, 0.25) is 0 Å². The smallest absolute Gasteiger partial charge is 0.255 e. The summed E-state index contributed by atoms with van der Waals surface area (Å²) in [5.41, 5.74) is 9.48. The third-order valence-electron chi connectivity index (χ3n) is 3.70. The van der Waals surface area contributed by atoms with Crippen molar-refractivity contribution in [2.45, 2.75) is 26.3 Å². The standard InChI is InChI=1S/C16H22N4O/c1-11-15(12(2)20(3)19-11)16(21)18-10-9-14(17)13-7-5-4-6-8-13/h4-8,14H,9-10,17H2,1-3H3,(H,18,21). The van der Waals surface area contributed by atoms with E-state index < -0.39 is 0 Å². The third kappa shape index (κ3) is 3.49. The molecule has 1 heterocycles. The lowest BCUT2D eigenvalue weighted by Crippen LogP contribution is -2.28. The average Bonchev–Trinajstić information content (AvgIpc) is 2.73. The Morgan fingerprint density at radius 3 is 2.57 bits per heavy atom. The van der Waals surface area contributed by atoms with Crippen molar-refractivity contribution < 1.29 is 4.79 Å². The van der Waals surface area contributed by atoms with E-state index in [1.165, 1.54) is 0 Å². The number of nitrogens with one attached hydrogen (secondary N) is 1. The predicted molar refractivity (Wildman–Crippen MR) is 83.0 cm³/mol. The quantitative estimate of drug-likeness (QED) is 0.881. The molecule has 1 aromatic heterocycles. The highest BCUT2D eigenvalue weighted by atomic mass is 16.1. The highest BCUT2D eigenvalue weighted by Crippen LogP contribution is 2.14. The molecule has 1 atom stereocenters. The van der Waals surface area contributed by atoms with Crippen molar-refractivity contribution in [1.82, 2.24) is 15.1 Å². The molecule has 0 aliphatic heterocycles. The van der Waals surface area contributed by atoms with Gasteiger partial charge in [-0.25, -0.2) is 0 Å². The number of carbonyl (C=O) groups excluding carboxylic acids is 1. The van der Waals surface area contributed by atoms with Crippen LogP contribution in [0.5, 0.6) is 0 Å². The molecule has 1 unspecified atom stereocenters. The molecule has 0 saturated carbocycles. The first-order chi connectivity index (χ1) is 10.0. The van der Waals surface area contributed by atoms with E-state index in [4.69, 9.17) is 5.73 Å². The molecule has 3 N–H and O–H groups in total. The zero-order chi connectivity index (χ0) is 15.4. The van der Waals surface area contributed by atoms with Crippen molar-refractivity contribution in [3.8, 4) is 0 Å². The lowest BCUT2D eigenvalue weighted by Gasteiger charge is -2.12. The molecule has 0 aliphatic carbocycles. The lowest BCUT2D eigenvalue weighted by molar-refractivity contribution is 0.0951. The number of benzene rings is 1. The van der Waals surface area contributed by atoms with Gasteiger partial charge in [0, 0.05) is 25.3 Å². The van der Waals surface area contributed by atoms with Crippen LogP contribution in [-0.2, 0) is 7.05 Å². The van der Waals surface area contributed by atoms with Gasteiger partial charge in [-0.15, -0.1) is 0 Å². The molecular formula is C16H22N4O. The van der Waals surface area contributed by atoms with E-state index in [-0.39, 0.29) is 11.9 Å². The number of amides is 1. The molecule has 112 valence electrons.